The number of nitrogens with zero attached hydrogens (tertiary/aromatic N) is 1. The van der Waals surface area contributed by atoms with Crippen LogP contribution in [0.3, 0.4) is 0 Å². The predicted molar refractivity (Wildman–Crippen MR) is 168 cm³/mol. The lowest BCUT2D eigenvalue weighted by Crippen LogP contribution is -2.40. The molecule has 0 radical (unpaired) electrons. The van der Waals surface area contributed by atoms with Crippen LogP contribution in [-0.4, -0.2) is 45.7 Å². The Labute approximate surface area is 243 Å². The maximum absolute atomic E-state index is 13.0. The van der Waals surface area contributed by atoms with E-state index in [1.807, 2.05) is 52.0 Å². The molecule has 2 rings (SSSR count). The fraction of sp³-hybridized carbons (Fsp3) is 0.543. The minimum Gasteiger partial charge on any atom is -0.480 e. The summed E-state index contributed by atoms with van der Waals surface area (Å²) in [6.07, 6.45) is 6.39. The van der Waals surface area contributed by atoms with Crippen LogP contribution in [0, 0.1) is 19.3 Å². The molecule has 2 unspecified atom stereocenters. The molecule has 0 spiro atoms. The van der Waals surface area contributed by atoms with Gasteiger partial charge in [-0.25, -0.2) is 4.79 Å². The van der Waals surface area contributed by atoms with E-state index in [0.29, 0.717) is 12.0 Å². The van der Waals surface area contributed by atoms with Crippen molar-refractivity contribution in [3.05, 3.63) is 75.9 Å². The zero-order valence-corrected chi connectivity index (χ0v) is 27.0. The minimum absolute atomic E-state index is 0.227. The maximum Gasteiger partial charge on any atom is 0.326 e. The molecule has 2 N–H and O–H groups in total. The van der Waals surface area contributed by atoms with E-state index in [1.54, 1.807) is 0 Å². The summed E-state index contributed by atoms with van der Waals surface area (Å²) in [5.74, 6) is -1.32. The van der Waals surface area contributed by atoms with Gasteiger partial charge in [-0.15, -0.1) is 0 Å². The first-order valence-electron chi connectivity index (χ1n) is 14.7. The molecule has 0 aromatic heterocycles. The summed E-state index contributed by atoms with van der Waals surface area (Å²) < 4.78 is 0. The lowest BCUT2D eigenvalue weighted by atomic mass is 9.69. The number of likely N-dealkylation sites (N-methyl/N-ethyl adjacent to an activating group) is 1. The Morgan fingerprint density at radius 1 is 0.900 bits per heavy atom. The molecular weight excluding hydrogens is 498 g/mol. The Kier molecular flexibility index (Phi) is 12.4. The number of aliphatic carboxylic acids is 1. The maximum atomic E-state index is 13.0. The average molecular weight is 552 g/mol. The SMILES string of the molecule is CC.CCC(CC)(c1ccc(/C=C/C(O)(CC)C(C)(C)C)c(C)c1)c1ccc(C(=O)N(C)C(C)C(=O)O)c(C)c1. The predicted octanol–water partition coefficient (Wildman–Crippen LogP) is 8.18. The number of rotatable bonds is 10. The van der Waals surface area contributed by atoms with Crippen molar-refractivity contribution in [2.45, 2.75) is 112 Å². The van der Waals surface area contributed by atoms with Gasteiger partial charge >= 0.3 is 5.97 Å². The molecule has 0 fully saturated rings. The van der Waals surface area contributed by atoms with Gasteiger partial charge in [0.15, 0.2) is 0 Å². The molecule has 40 heavy (non-hydrogen) atoms. The highest BCUT2D eigenvalue weighted by Crippen LogP contribution is 2.41. The van der Waals surface area contributed by atoms with E-state index in [4.69, 9.17) is 0 Å². The molecule has 0 saturated carbocycles. The minimum atomic E-state index is -1.03. The van der Waals surface area contributed by atoms with Gasteiger partial charge in [-0.2, -0.15) is 0 Å². The van der Waals surface area contributed by atoms with Gasteiger partial charge in [0.1, 0.15) is 6.04 Å². The van der Waals surface area contributed by atoms with Crippen LogP contribution >= 0.6 is 0 Å². The normalized spacial score (nSPS) is 14.2. The van der Waals surface area contributed by atoms with E-state index in [9.17, 15) is 19.8 Å². The molecule has 5 heteroatoms. The lowest BCUT2D eigenvalue weighted by Gasteiger charge is -2.37. The molecule has 0 bridgehead atoms. The Morgan fingerprint density at radius 3 is 1.80 bits per heavy atom. The summed E-state index contributed by atoms with van der Waals surface area (Å²) in [5.41, 5.74) is 4.55. The van der Waals surface area contributed by atoms with E-state index >= 15 is 0 Å². The Hall–Kier alpha value is -2.92. The molecule has 2 atom stereocenters. The zero-order valence-electron chi connectivity index (χ0n) is 27.0. The molecule has 222 valence electrons. The van der Waals surface area contributed by atoms with Gasteiger partial charge in [0.25, 0.3) is 5.91 Å². The fourth-order valence-electron chi connectivity index (χ4n) is 5.25. The summed E-state index contributed by atoms with van der Waals surface area (Å²) in [5, 5.41) is 20.5. The van der Waals surface area contributed by atoms with Crippen molar-refractivity contribution in [3.8, 4) is 0 Å². The largest absolute Gasteiger partial charge is 0.480 e. The molecule has 0 aliphatic heterocycles. The third-order valence-electron chi connectivity index (χ3n) is 8.67. The smallest absolute Gasteiger partial charge is 0.326 e. The number of carbonyl (C=O) groups excluding carboxylic acids is 1. The molecule has 5 nitrogen and oxygen atoms in total. The molecule has 1 amide bonds. The molecule has 2 aromatic carbocycles. The lowest BCUT2D eigenvalue weighted by molar-refractivity contribution is -0.141. The average Bonchev–Trinajstić information content (AvgIpc) is 2.92. The number of benzene rings is 2. The number of amides is 1. The van der Waals surface area contributed by atoms with Crippen LogP contribution in [0.4, 0.5) is 0 Å². The molecule has 0 aliphatic rings. The van der Waals surface area contributed by atoms with Crippen LogP contribution in [0.1, 0.15) is 120 Å². The van der Waals surface area contributed by atoms with Crippen molar-refractivity contribution in [1.82, 2.24) is 4.90 Å². The fourth-order valence-corrected chi connectivity index (χ4v) is 5.25. The molecule has 0 aliphatic carbocycles. The monoisotopic (exact) mass is 551 g/mol. The number of carbonyl (C=O) groups is 2. The number of hydrogen-bond donors (Lipinski definition) is 2. The van der Waals surface area contributed by atoms with Crippen LogP contribution in [0.5, 0.6) is 0 Å². The van der Waals surface area contributed by atoms with Crippen LogP contribution in [0.25, 0.3) is 6.08 Å². The van der Waals surface area contributed by atoms with Gasteiger partial charge in [0.05, 0.1) is 5.60 Å². The highest BCUT2D eigenvalue weighted by atomic mass is 16.4. The molecule has 2 aromatic rings. The van der Waals surface area contributed by atoms with E-state index in [0.717, 1.165) is 35.1 Å². The Morgan fingerprint density at radius 2 is 1.40 bits per heavy atom. The second-order valence-electron chi connectivity index (χ2n) is 11.7. The highest BCUT2D eigenvalue weighted by molar-refractivity contribution is 5.97. The summed E-state index contributed by atoms with van der Waals surface area (Å²) in [4.78, 5) is 25.7. The first kappa shape index (κ1) is 35.1. The van der Waals surface area contributed by atoms with Gasteiger partial charge in [-0.3, -0.25) is 4.79 Å². The van der Waals surface area contributed by atoms with E-state index in [1.165, 1.54) is 24.4 Å². The standard InChI is InChI=1S/C33H47NO4.C2H6/c1-11-32(12-2,27-16-17-28(23(5)21-27)29(35)34(10)24(6)30(36)37)26-15-14-25(22(4)20-26)18-19-33(38,13-3)31(7,8)9;1-2/h14-21,24,38H,11-13H2,1-10H3,(H,36,37);1-2H3/b19-18+;. The van der Waals surface area contributed by atoms with Crippen LogP contribution in [-0.2, 0) is 10.2 Å². The Bertz CT molecular complexity index is 1190. The van der Waals surface area contributed by atoms with Crippen LogP contribution in [0.2, 0.25) is 0 Å². The quantitative estimate of drug-likeness (QED) is 0.312. The van der Waals surface area contributed by atoms with Gasteiger partial charge < -0.3 is 15.1 Å². The van der Waals surface area contributed by atoms with Gasteiger partial charge in [-0.1, -0.05) is 97.9 Å². The third kappa shape index (κ3) is 7.23. The van der Waals surface area contributed by atoms with Crippen molar-refractivity contribution < 1.29 is 19.8 Å². The van der Waals surface area contributed by atoms with E-state index in [2.05, 4.69) is 65.8 Å². The van der Waals surface area contributed by atoms with Gasteiger partial charge in [0.2, 0.25) is 0 Å². The first-order chi connectivity index (χ1) is 18.6. The first-order valence-corrected chi connectivity index (χ1v) is 14.7. The number of carboxylic acid groups (broad SMARTS) is 1. The summed E-state index contributed by atoms with van der Waals surface area (Å²) in [6, 6.07) is 11.6. The summed E-state index contributed by atoms with van der Waals surface area (Å²) >= 11 is 0. The summed E-state index contributed by atoms with van der Waals surface area (Å²) in [6.45, 7) is 22.1. The zero-order chi connectivity index (χ0) is 31.1. The second kappa shape index (κ2) is 14.1. The van der Waals surface area contributed by atoms with Crippen molar-refractivity contribution in [2.75, 3.05) is 7.05 Å². The number of aryl methyl sites for hydroxylation is 2. The van der Waals surface area contributed by atoms with Crippen molar-refractivity contribution in [3.63, 3.8) is 0 Å². The molecule has 0 saturated heterocycles. The van der Waals surface area contributed by atoms with E-state index in [-0.39, 0.29) is 16.7 Å². The van der Waals surface area contributed by atoms with Gasteiger partial charge in [-0.05, 0) is 79.3 Å². The van der Waals surface area contributed by atoms with Crippen molar-refractivity contribution in [2.24, 2.45) is 5.41 Å². The molecular formula is C35H53NO4. The van der Waals surface area contributed by atoms with Crippen LogP contribution in [0.15, 0.2) is 42.5 Å². The van der Waals surface area contributed by atoms with Gasteiger partial charge in [0, 0.05) is 18.0 Å². The molecule has 0 heterocycles. The number of hydrogen-bond acceptors (Lipinski definition) is 3. The topological polar surface area (TPSA) is 77.8 Å². The Balaban J connectivity index is 0.00000391. The number of carboxylic acids is 1. The van der Waals surface area contributed by atoms with Crippen molar-refractivity contribution in [1.29, 1.82) is 0 Å². The van der Waals surface area contributed by atoms with E-state index < -0.39 is 17.6 Å². The second-order valence-corrected chi connectivity index (χ2v) is 11.7. The van der Waals surface area contributed by atoms with Crippen molar-refractivity contribution >= 4 is 18.0 Å². The highest BCUT2D eigenvalue weighted by Gasteiger charge is 2.36. The third-order valence-corrected chi connectivity index (χ3v) is 8.67. The number of aliphatic hydroxyl groups is 1. The summed E-state index contributed by atoms with van der Waals surface area (Å²) in [7, 11) is 1.53. The van der Waals surface area contributed by atoms with Crippen LogP contribution < -0.4 is 0 Å².